The first-order valence-electron chi connectivity index (χ1n) is 7.69. The molecule has 0 aliphatic heterocycles. The summed E-state index contributed by atoms with van der Waals surface area (Å²) in [6, 6.07) is 9.64. The maximum atomic E-state index is 11.9. The molecule has 7 heteroatoms. The molecule has 0 N–H and O–H groups in total. The van der Waals surface area contributed by atoms with Crippen molar-refractivity contribution in [3.8, 4) is 11.5 Å². The van der Waals surface area contributed by atoms with Crippen molar-refractivity contribution in [1.29, 1.82) is 0 Å². The minimum Gasteiger partial charge on any atom is -0.422 e. The van der Waals surface area contributed by atoms with Crippen LogP contribution in [-0.4, -0.2) is 11.9 Å². The number of benzene rings is 2. The SMILES string of the molecule is C=C(C)C(=O)Oc1ccc(Cl)cc1Sc1cc(Cl)ccc1OC(=O)C(=C)C. The third kappa shape index (κ3) is 5.89. The Morgan fingerprint density at radius 1 is 0.815 bits per heavy atom. The summed E-state index contributed by atoms with van der Waals surface area (Å²) in [6.07, 6.45) is 0. The van der Waals surface area contributed by atoms with Gasteiger partial charge in [-0.05, 0) is 50.2 Å². The standard InChI is InChI=1S/C20H16Cl2O4S/c1-11(2)19(23)25-15-7-5-13(21)9-17(15)27-18-10-14(22)6-8-16(18)26-20(24)12(3)4/h5-10H,1,3H2,2,4H3. The van der Waals surface area contributed by atoms with Gasteiger partial charge in [-0.2, -0.15) is 0 Å². The molecule has 2 aromatic carbocycles. The van der Waals surface area contributed by atoms with Crippen molar-refractivity contribution in [2.75, 3.05) is 0 Å². The monoisotopic (exact) mass is 422 g/mol. The number of esters is 2. The van der Waals surface area contributed by atoms with Gasteiger partial charge < -0.3 is 9.47 Å². The van der Waals surface area contributed by atoms with Crippen molar-refractivity contribution in [3.05, 3.63) is 70.7 Å². The molecule has 2 aromatic rings. The quantitative estimate of drug-likeness (QED) is 0.319. The van der Waals surface area contributed by atoms with Crippen molar-refractivity contribution >= 4 is 46.9 Å². The Morgan fingerprint density at radius 3 is 1.52 bits per heavy atom. The second-order valence-electron chi connectivity index (χ2n) is 5.62. The molecular weight excluding hydrogens is 407 g/mol. The molecule has 140 valence electrons. The van der Waals surface area contributed by atoms with Crippen LogP contribution in [0.4, 0.5) is 0 Å². The molecular formula is C20H16Cl2O4S. The Morgan fingerprint density at radius 2 is 1.19 bits per heavy atom. The lowest BCUT2D eigenvalue weighted by Crippen LogP contribution is -2.09. The molecule has 0 aliphatic rings. The zero-order valence-electron chi connectivity index (χ0n) is 14.7. The molecule has 0 bridgehead atoms. The highest BCUT2D eigenvalue weighted by Crippen LogP contribution is 2.42. The lowest BCUT2D eigenvalue weighted by molar-refractivity contribution is -0.131. The molecule has 0 spiro atoms. The fraction of sp³-hybridized carbons (Fsp3) is 0.100. The minimum atomic E-state index is -0.556. The van der Waals surface area contributed by atoms with Crippen LogP contribution < -0.4 is 9.47 Å². The van der Waals surface area contributed by atoms with E-state index in [4.69, 9.17) is 32.7 Å². The van der Waals surface area contributed by atoms with Gasteiger partial charge in [0.1, 0.15) is 11.5 Å². The van der Waals surface area contributed by atoms with E-state index in [0.717, 1.165) is 0 Å². The van der Waals surface area contributed by atoms with Gasteiger partial charge in [-0.3, -0.25) is 0 Å². The van der Waals surface area contributed by atoms with Crippen molar-refractivity contribution in [1.82, 2.24) is 0 Å². The van der Waals surface area contributed by atoms with Crippen LogP contribution in [-0.2, 0) is 9.59 Å². The van der Waals surface area contributed by atoms with Crippen LogP contribution in [0.5, 0.6) is 11.5 Å². The number of rotatable bonds is 6. The summed E-state index contributed by atoms with van der Waals surface area (Å²) < 4.78 is 10.7. The molecule has 0 unspecified atom stereocenters. The molecule has 0 radical (unpaired) electrons. The molecule has 4 nitrogen and oxygen atoms in total. The molecule has 0 heterocycles. The summed E-state index contributed by atoms with van der Waals surface area (Å²) in [6.45, 7) is 10.2. The van der Waals surface area contributed by atoms with E-state index in [1.54, 1.807) is 50.2 Å². The predicted octanol–water partition coefficient (Wildman–Crippen LogP) is 6.11. The maximum Gasteiger partial charge on any atom is 0.338 e. The van der Waals surface area contributed by atoms with Gasteiger partial charge in [-0.15, -0.1) is 0 Å². The second-order valence-corrected chi connectivity index (χ2v) is 7.58. The van der Waals surface area contributed by atoms with Crippen molar-refractivity contribution < 1.29 is 19.1 Å². The summed E-state index contributed by atoms with van der Waals surface area (Å²) >= 11 is 13.4. The van der Waals surface area contributed by atoms with E-state index in [2.05, 4.69) is 13.2 Å². The molecule has 0 atom stereocenters. The average Bonchev–Trinajstić information content (AvgIpc) is 2.59. The van der Waals surface area contributed by atoms with Crippen LogP contribution in [0.3, 0.4) is 0 Å². The van der Waals surface area contributed by atoms with E-state index >= 15 is 0 Å². The smallest absolute Gasteiger partial charge is 0.338 e. The fourth-order valence-electron chi connectivity index (χ4n) is 1.78. The molecule has 0 saturated carbocycles. The molecule has 0 aliphatic carbocycles. The summed E-state index contributed by atoms with van der Waals surface area (Å²) in [5, 5.41) is 0.908. The number of hydrogen-bond acceptors (Lipinski definition) is 5. The molecule has 0 amide bonds. The van der Waals surface area contributed by atoms with Gasteiger partial charge in [0.25, 0.3) is 0 Å². The highest BCUT2D eigenvalue weighted by molar-refractivity contribution is 7.99. The van der Waals surface area contributed by atoms with E-state index in [1.165, 1.54) is 11.8 Å². The molecule has 0 aromatic heterocycles. The van der Waals surface area contributed by atoms with Crippen LogP contribution in [0.2, 0.25) is 10.0 Å². The van der Waals surface area contributed by atoms with Crippen LogP contribution in [0, 0.1) is 0 Å². The lowest BCUT2D eigenvalue weighted by Gasteiger charge is -2.13. The Hall–Kier alpha value is -2.21. The highest BCUT2D eigenvalue weighted by atomic mass is 35.5. The second kappa shape index (κ2) is 9.13. The van der Waals surface area contributed by atoms with Gasteiger partial charge in [0.15, 0.2) is 0 Å². The van der Waals surface area contributed by atoms with E-state index in [9.17, 15) is 9.59 Å². The van der Waals surface area contributed by atoms with E-state index in [0.29, 0.717) is 31.3 Å². The third-order valence-corrected chi connectivity index (χ3v) is 4.68. The first-order valence-corrected chi connectivity index (χ1v) is 9.27. The molecule has 2 rings (SSSR count). The van der Waals surface area contributed by atoms with Crippen molar-refractivity contribution in [2.24, 2.45) is 0 Å². The van der Waals surface area contributed by atoms with Gasteiger partial charge >= 0.3 is 11.9 Å². The van der Waals surface area contributed by atoms with Crippen molar-refractivity contribution in [3.63, 3.8) is 0 Å². The highest BCUT2D eigenvalue weighted by Gasteiger charge is 2.16. The van der Waals surface area contributed by atoms with E-state index in [-0.39, 0.29) is 11.1 Å². The predicted molar refractivity (Wildman–Crippen MR) is 108 cm³/mol. The van der Waals surface area contributed by atoms with Crippen LogP contribution in [0.1, 0.15) is 13.8 Å². The Labute approximate surface area is 171 Å². The summed E-state index contributed by atoms with van der Waals surface area (Å²) in [7, 11) is 0. The van der Waals surface area contributed by atoms with E-state index in [1.807, 2.05) is 0 Å². The number of hydrogen-bond donors (Lipinski definition) is 0. The third-order valence-electron chi connectivity index (χ3n) is 3.13. The van der Waals surface area contributed by atoms with Gasteiger partial charge in [-0.25, -0.2) is 9.59 Å². The first kappa shape index (κ1) is 21.1. The zero-order chi connectivity index (χ0) is 20.1. The largest absolute Gasteiger partial charge is 0.422 e. The fourth-order valence-corrected chi connectivity index (χ4v) is 3.29. The van der Waals surface area contributed by atoms with E-state index < -0.39 is 11.9 Å². The average molecular weight is 423 g/mol. The van der Waals surface area contributed by atoms with Crippen LogP contribution in [0.15, 0.2) is 70.5 Å². The van der Waals surface area contributed by atoms with Crippen LogP contribution >= 0.6 is 35.0 Å². The molecule has 0 fully saturated rings. The first-order chi connectivity index (χ1) is 12.7. The number of carbonyl (C=O) groups is 2. The van der Waals surface area contributed by atoms with Crippen molar-refractivity contribution in [2.45, 2.75) is 23.6 Å². The summed E-state index contributed by atoms with van der Waals surface area (Å²) in [4.78, 5) is 24.9. The molecule has 27 heavy (non-hydrogen) atoms. The number of ether oxygens (including phenoxy) is 2. The zero-order valence-corrected chi connectivity index (χ0v) is 17.0. The number of carbonyl (C=O) groups excluding carboxylic acids is 2. The maximum absolute atomic E-state index is 11.9. The summed E-state index contributed by atoms with van der Waals surface area (Å²) in [5.74, 6) is -0.512. The van der Waals surface area contributed by atoms with Gasteiger partial charge in [-0.1, -0.05) is 48.1 Å². The Bertz CT molecular complexity index is 862. The number of halogens is 2. The Kier molecular flexibility index (Phi) is 7.13. The molecule has 0 saturated heterocycles. The lowest BCUT2D eigenvalue weighted by atomic mass is 10.3. The van der Waals surface area contributed by atoms with Crippen LogP contribution in [0.25, 0.3) is 0 Å². The van der Waals surface area contributed by atoms with Gasteiger partial charge in [0.2, 0.25) is 0 Å². The summed E-state index contributed by atoms with van der Waals surface area (Å²) in [5.41, 5.74) is 0.527. The van der Waals surface area contributed by atoms with Gasteiger partial charge in [0.05, 0.1) is 9.79 Å². The normalized spacial score (nSPS) is 10.2. The van der Waals surface area contributed by atoms with Gasteiger partial charge in [0, 0.05) is 21.2 Å². The minimum absolute atomic E-state index is 0.264. The Balaban J connectivity index is 2.41. The topological polar surface area (TPSA) is 52.6 Å².